The topological polar surface area (TPSA) is 104 Å². The smallest absolute Gasteiger partial charge is 0.273 e. The SMILES string of the molecule is O=C(CCNS(=O)(=O)c1ccc(F)c(F)c1)NNC(=O)c1cc2c(s1)CCCCCC2. The van der Waals surface area contributed by atoms with Gasteiger partial charge in [-0.2, -0.15) is 0 Å². The van der Waals surface area contributed by atoms with Gasteiger partial charge in [-0.3, -0.25) is 20.4 Å². The van der Waals surface area contributed by atoms with Crippen molar-refractivity contribution >= 4 is 33.2 Å². The van der Waals surface area contributed by atoms with E-state index in [1.54, 1.807) is 0 Å². The van der Waals surface area contributed by atoms with Gasteiger partial charge < -0.3 is 0 Å². The quantitative estimate of drug-likeness (QED) is 0.564. The molecule has 0 radical (unpaired) electrons. The molecule has 168 valence electrons. The van der Waals surface area contributed by atoms with E-state index in [4.69, 9.17) is 0 Å². The summed E-state index contributed by atoms with van der Waals surface area (Å²) in [5.41, 5.74) is 5.78. The second-order valence-electron chi connectivity index (χ2n) is 7.20. The number of hydrazine groups is 1. The molecule has 7 nitrogen and oxygen atoms in total. The fraction of sp³-hybridized carbons (Fsp3) is 0.400. The van der Waals surface area contributed by atoms with Crippen molar-refractivity contribution in [3.05, 3.63) is 51.2 Å². The Kier molecular flexibility index (Phi) is 7.74. The van der Waals surface area contributed by atoms with Crippen molar-refractivity contribution in [2.75, 3.05) is 6.54 Å². The molecule has 0 saturated heterocycles. The number of carbonyl (C=O) groups excluding carboxylic acids is 2. The molecule has 3 rings (SSSR count). The van der Waals surface area contributed by atoms with Crippen molar-refractivity contribution in [1.82, 2.24) is 15.6 Å². The first kappa shape index (κ1) is 23.3. The molecule has 1 aliphatic carbocycles. The summed E-state index contributed by atoms with van der Waals surface area (Å²) in [4.78, 5) is 25.5. The second-order valence-corrected chi connectivity index (χ2v) is 10.1. The Morgan fingerprint density at radius 3 is 2.45 bits per heavy atom. The number of thiophene rings is 1. The van der Waals surface area contributed by atoms with E-state index in [1.165, 1.54) is 34.6 Å². The number of carbonyl (C=O) groups is 2. The summed E-state index contributed by atoms with van der Waals surface area (Å²) in [5.74, 6) is -3.47. The molecule has 0 unspecified atom stereocenters. The number of benzene rings is 1. The number of amides is 2. The van der Waals surface area contributed by atoms with Gasteiger partial charge in [0.2, 0.25) is 15.9 Å². The Morgan fingerprint density at radius 2 is 1.71 bits per heavy atom. The largest absolute Gasteiger partial charge is 0.279 e. The number of fused-ring (bicyclic) bond motifs is 1. The lowest BCUT2D eigenvalue weighted by Crippen LogP contribution is -2.42. The molecule has 1 aromatic heterocycles. The zero-order valence-electron chi connectivity index (χ0n) is 16.7. The minimum Gasteiger partial charge on any atom is -0.273 e. The van der Waals surface area contributed by atoms with E-state index < -0.39 is 38.4 Å². The molecule has 1 aromatic carbocycles. The average molecular weight is 472 g/mol. The Labute approximate surface area is 183 Å². The number of rotatable bonds is 6. The number of sulfonamides is 1. The summed E-state index contributed by atoms with van der Waals surface area (Å²) in [5, 5.41) is 0. The number of nitrogens with one attached hydrogen (secondary N) is 3. The first-order chi connectivity index (χ1) is 14.8. The van der Waals surface area contributed by atoms with E-state index in [-0.39, 0.29) is 13.0 Å². The lowest BCUT2D eigenvalue weighted by atomic mass is 10.00. The van der Waals surface area contributed by atoms with Crippen molar-refractivity contribution in [3.8, 4) is 0 Å². The molecule has 2 amide bonds. The van der Waals surface area contributed by atoms with Gasteiger partial charge in [-0.1, -0.05) is 12.8 Å². The van der Waals surface area contributed by atoms with Crippen LogP contribution in [-0.2, 0) is 27.7 Å². The van der Waals surface area contributed by atoms with Crippen molar-refractivity contribution in [2.45, 2.75) is 49.8 Å². The van der Waals surface area contributed by atoms with Gasteiger partial charge >= 0.3 is 0 Å². The highest BCUT2D eigenvalue weighted by Gasteiger charge is 2.18. The van der Waals surface area contributed by atoms with Gasteiger partial charge in [-0.15, -0.1) is 11.3 Å². The van der Waals surface area contributed by atoms with Crippen molar-refractivity contribution in [3.63, 3.8) is 0 Å². The van der Waals surface area contributed by atoms with E-state index in [9.17, 15) is 26.8 Å². The van der Waals surface area contributed by atoms with E-state index in [0.29, 0.717) is 17.0 Å². The second kappa shape index (κ2) is 10.3. The van der Waals surface area contributed by atoms with E-state index in [0.717, 1.165) is 31.7 Å². The maximum atomic E-state index is 13.2. The maximum Gasteiger partial charge on any atom is 0.279 e. The lowest BCUT2D eigenvalue weighted by Gasteiger charge is -2.08. The molecule has 0 bridgehead atoms. The first-order valence-electron chi connectivity index (χ1n) is 9.92. The van der Waals surface area contributed by atoms with Crippen LogP contribution in [0.25, 0.3) is 0 Å². The number of hydrogen-bond acceptors (Lipinski definition) is 5. The fourth-order valence-electron chi connectivity index (χ4n) is 3.23. The highest BCUT2D eigenvalue weighted by atomic mass is 32.2. The maximum absolute atomic E-state index is 13.2. The normalized spacial score (nSPS) is 14.3. The highest BCUT2D eigenvalue weighted by Crippen LogP contribution is 2.28. The summed E-state index contributed by atoms with van der Waals surface area (Å²) in [6.07, 6.45) is 6.22. The van der Waals surface area contributed by atoms with Gasteiger partial charge in [-0.25, -0.2) is 21.9 Å². The molecule has 11 heteroatoms. The van der Waals surface area contributed by atoms with Crippen LogP contribution in [0.2, 0.25) is 0 Å². The van der Waals surface area contributed by atoms with E-state index in [1.807, 2.05) is 6.07 Å². The van der Waals surface area contributed by atoms with Crippen LogP contribution in [0.15, 0.2) is 29.2 Å². The predicted molar refractivity (Wildman–Crippen MR) is 112 cm³/mol. The summed E-state index contributed by atoms with van der Waals surface area (Å²) >= 11 is 1.43. The molecule has 1 aliphatic rings. The van der Waals surface area contributed by atoms with Crippen LogP contribution >= 0.6 is 11.3 Å². The number of halogens is 2. The predicted octanol–water partition coefficient (Wildman–Crippen LogP) is 2.81. The van der Waals surface area contributed by atoms with Gasteiger partial charge in [0.05, 0.1) is 9.77 Å². The zero-order valence-corrected chi connectivity index (χ0v) is 18.3. The Morgan fingerprint density at radius 1 is 0.968 bits per heavy atom. The van der Waals surface area contributed by atoms with Gasteiger partial charge in [0.15, 0.2) is 11.6 Å². The van der Waals surface area contributed by atoms with Gasteiger partial charge in [0.25, 0.3) is 5.91 Å². The Hall–Kier alpha value is -2.37. The molecular formula is C20H23F2N3O4S2. The van der Waals surface area contributed by atoms with Crippen molar-refractivity contribution in [2.24, 2.45) is 0 Å². The first-order valence-corrected chi connectivity index (χ1v) is 12.2. The molecule has 0 saturated carbocycles. The Bertz CT molecular complexity index is 1040. The third-order valence-electron chi connectivity index (χ3n) is 4.88. The monoisotopic (exact) mass is 471 g/mol. The van der Waals surface area contributed by atoms with Crippen LogP contribution < -0.4 is 15.6 Å². The van der Waals surface area contributed by atoms with Gasteiger partial charge in [0, 0.05) is 17.8 Å². The minimum absolute atomic E-state index is 0.260. The number of hydrogen-bond donors (Lipinski definition) is 3. The Balaban J connectivity index is 1.46. The molecule has 0 atom stereocenters. The summed E-state index contributed by atoms with van der Waals surface area (Å²) < 4.78 is 52.4. The van der Waals surface area contributed by atoms with Gasteiger partial charge in [-0.05, 0) is 55.5 Å². The lowest BCUT2D eigenvalue weighted by molar-refractivity contribution is -0.121. The van der Waals surface area contributed by atoms with Crippen LogP contribution in [-0.4, -0.2) is 26.8 Å². The molecule has 0 aliphatic heterocycles. The fourth-order valence-corrected chi connectivity index (χ4v) is 5.43. The summed E-state index contributed by atoms with van der Waals surface area (Å²) in [7, 11) is -4.10. The standard InChI is InChI=1S/C20H23F2N3O4S2/c21-15-8-7-14(12-16(15)22)31(28,29)23-10-9-19(26)24-25-20(27)18-11-13-5-3-1-2-4-6-17(13)30-18/h7-8,11-12,23H,1-6,9-10H2,(H,24,26)(H,25,27). The molecule has 0 fully saturated rings. The summed E-state index contributed by atoms with van der Waals surface area (Å²) in [6.45, 7) is -0.281. The molecule has 3 N–H and O–H groups in total. The van der Waals surface area contributed by atoms with Crippen LogP contribution in [0.4, 0.5) is 8.78 Å². The molecule has 31 heavy (non-hydrogen) atoms. The highest BCUT2D eigenvalue weighted by molar-refractivity contribution is 7.89. The molecule has 1 heterocycles. The van der Waals surface area contributed by atoms with Crippen LogP contribution in [0.1, 0.15) is 52.2 Å². The van der Waals surface area contributed by atoms with E-state index >= 15 is 0 Å². The third-order valence-corrected chi connectivity index (χ3v) is 7.58. The van der Waals surface area contributed by atoms with E-state index in [2.05, 4.69) is 15.6 Å². The van der Waals surface area contributed by atoms with Gasteiger partial charge in [0.1, 0.15) is 0 Å². The summed E-state index contributed by atoms with van der Waals surface area (Å²) in [6, 6.07) is 4.05. The van der Waals surface area contributed by atoms with Crippen LogP contribution in [0, 0.1) is 11.6 Å². The van der Waals surface area contributed by atoms with Crippen molar-refractivity contribution in [1.29, 1.82) is 0 Å². The number of aryl methyl sites for hydroxylation is 2. The third kappa shape index (κ3) is 6.31. The molecule has 2 aromatic rings. The average Bonchev–Trinajstić information content (AvgIpc) is 3.10. The van der Waals surface area contributed by atoms with Crippen LogP contribution in [0.5, 0.6) is 0 Å². The molecule has 0 spiro atoms. The van der Waals surface area contributed by atoms with Crippen molar-refractivity contribution < 1.29 is 26.8 Å². The molecular weight excluding hydrogens is 448 g/mol. The zero-order chi connectivity index (χ0) is 22.4. The minimum atomic E-state index is -4.10. The van der Waals surface area contributed by atoms with Crippen LogP contribution in [0.3, 0.4) is 0 Å².